The van der Waals surface area contributed by atoms with Crippen LogP contribution < -0.4 is 11.5 Å². The fraction of sp³-hybridized carbons (Fsp3) is 0.250. The third-order valence-electron chi connectivity index (χ3n) is 3.45. The number of hydrogen-bond donors (Lipinski definition) is 2. The smallest absolute Gasteiger partial charge is 0.242 e. The zero-order valence-electron chi connectivity index (χ0n) is 13.0. The first-order valence-electron chi connectivity index (χ1n) is 7.58. The number of rotatable bonds is 5. The third kappa shape index (κ3) is 3.28. The Bertz CT molecular complexity index is 775. The van der Waals surface area contributed by atoms with Gasteiger partial charge in [0.1, 0.15) is 5.82 Å². The van der Waals surface area contributed by atoms with Gasteiger partial charge in [-0.2, -0.15) is 15.0 Å². The molecule has 2 heterocycles. The van der Waals surface area contributed by atoms with Crippen LogP contribution in [-0.2, 0) is 6.42 Å². The largest absolute Gasteiger partial charge is 0.368 e. The van der Waals surface area contributed by atoms with Crippen LogP contribution in [0.3, 0.4) is 0 Å². The van der Waals surface area contributed by atoms with Crippen LogP contribution in [0.1, 0.15) is 25.5 Å². The molecule has 7 heteroatoms. The highest BCUT2D eigenvalue weighted by molar-refractivity contribution is 5.58. The molecule has 3 rings (SSSR count). The number of imidazole rings is 1. The van der Waals surface area contributed by atoms with Gasteiger partial charge < -0.3 is 11.5 Å². The molecular formula is C16H19N7. The summed E-state index contributed by atoms with van der Waals surface area (Å²) in [6, 6.07) is 9.90. The minimum absolute atomic E-state index is 0.0929. The van der Waals surface area contributed by atoms with Gasteiger partial charge in [0.25, 0.3) is 0 Å². The maximum atomic E-state index is 5.70. The van der Waals surface area contributed by atoms with E-state index in [1.165, 1.54) is 0 Å². The highest BCUT2D eigenvalue weighted by Crippen LogP contribution is 2.22. The molecule has 0 spiro atoms. The van der Waals surface area contributed by atoms with Crippen molar-refractivity contribution < 1.29 is 0 Å². The molecule has 0 aliphatic carbocycles. The zero-order valence-corrected chi connectivity index (χ0v) is 13.0. The third-order valence-corrected chi connectivity index (χ3v) is 3.45. The van der Waals surface area contributed by atoms with Crippen LogP contribution in [0.4, 0.5) is 11.9 Å². The van der Waals surface area contributed by atoms with E-state index in [1.54, 1.807) is 0 Å². The Labute approximate surface area is 134 Å². The number of anilines is 2. The van der Waals surface area contributed by atoms with Crippen LogP contribution in [-0.4, -0.2) is 24.5 Å². The fourth-order valence-electron chi connectivity index (χ4n) is 2.36. The van der Waals surface area contributed by atoms with Crippen molar-refractivity contribution in [1.82, 2.24) is 24.5 Å². The fourth-order valence-corrected chi connectivity index (χ4v) is 2.36. The van der Waals surface area contributed by atoms with Gasteiger partial charge >= 0.3 is 0 Å². The van der Waals surface area contributed by atoms with Gasteiger partial charge in [0.2, 0.25) is 17.8 Å². The van der Waals surface area contributed by atoms with Gasteiger partial charge in [-0.1, -0.05) is 43.7 Å². The number of aryl methyl sites for hydroxylation is 1. The number of aromatic nitrogens is 5. The Hall–Kier alpha value is -2.96. The molecule has 7 nitrogen and oxygen atoms in total. The van der Waals surface area contributed by atoms with E-state index in [2.05, 4.69) is 21.9 Å². The predicted octanol–water partition coefficient (Wildman–Crippen LogP) is 2.23. The summed E-state index contributed by atoms with van der Waals surface area (Å²) in [5, 5.41) is 0. The lowest BCUT2D eigenvalue weighted by atomic mass is 10.2. The second-order valence-corrected chi connectivity index (χ2v) is 5.25. The predicted molar refractivity (Wildman–Crippen MR) is 89.8 cm³/mol. The highest BCUT2D eigenvalue weighted by Gasteiger charge is 2.14. The molecule has 1 aromatic carbocycles. The molecule has 118 valence electrons. The molecule has 2 aromatic heterocycles. The number of benzene rings is 1. The van der Waals surface area contributed by atoms with Gasteiger partial charge in [-0.3, -0.25) is 4.57 Å². The minimum atomic E-state index is 0.0929. The lowest BCUT2D eigenvalue weighted by Gasteiger charge is -2.06. The van der Waals surface area contributed by atoms with E-state index in [0.717, 1.165) is 36.3 Å². The second-order valence-electron chi connectivity index (χ2n) is 5.25. The molecule has 0 amide bonds. The summed E-state index contributed by atoms with van der Waals surface area (Å²) in [6.07, 6.45) is 5.03. The average Bonchev–Trinajstić information content (AvgIpc) is 2.97. The maximum absolute atomic E-state index is 5.70. The zero-order chi connectivity index (χ0) is 16.2. The van der Waals surface area contributed by atoms with E-state index in [9.17, 15) is 0 Å². The lowest BCUT2D eigenvalue weighted by molar-refractivity contribution is 0.780. The first-order chi connectivity index (χ1) is 11.2. The first-order valence-corrected chi connectivity index (χ1v) is 7.58. The Morgan fingerprint density at radius 3 is 2.30 bits per heavy atom. The summed E-state index contributed by atoms with van der Waals surface area (Å²) in [5.74, 6) is 1.33. The Balaban J connectivity index is 2.11. The van der Waals surface area contributed by atoms with Crippen molar-refractivity contribution in [2.75, 3.05) is 11.5 Å². The van der Waals surface area contributed by atoms with Crippen molar-refractivity contribution in [2.45, 2.75) is 26.2 Å². The van der Waals surface area contributed by atoms with E-state index in [4.69, 9.17) is 16.5 Å². The quantitative estimate of drug-likeness (QED) is 0.748. The van der Waals surface area contributed by atoms with E-state index < -0.39 is 0 Å². The molecule has 23 heavy (non-hydrogen) atoms. The lowest BCUT2D eigenvalue weighted by Crippen LogP contribution is -2.09. The van der Waals surface area contributed by atoms with E-state index in [0.29, 0.717) is 5.95 Å². The molecule has 0 bridgehead atoms. The van der Waals surface area contributed by atoms with Crippen molar-refractivity contribution in [2.24, 2.45) is 0 Å². The molecule has 3 aromatic rings. The van der Waals surface area contributed by atoms with E-state index >= 15 is 0 Å². The van der Waals surface area contributed by atoms with Crippen LogP contribution in [0.15, 0.2) is 36.5 Å². The number of unbranched alkanes of at least 4 members (excludes halogenated alkanes) is 1. The summed E-state index contributed by atoms with van der Waals surface area (Å²) in [5.41, 5.74) is 13.4. The highest BCUT2D eigenvalue weighted by atomic mass is 15.3. The van der Waals surface area contributed by atoms with Gasteiger partial charge in [0.05, 0.1) is 5.69 Å². The molecule has 0 unspecified atom stereocenters. The van der Waals surface area contributed by atoms with Crippen LogP contribution in [0.25, 0.3) is 17.3 Å². The Morgan fingerprint density at radius 2 is 1.65 bits per heavy atom. The van der Waals surface area contributed by atoms with Crippen molar-refractivity contribution in [3.63, 3.8) is 0 Å². The molecule has 0 saturated carbocycles. The summed E-state index contributed by atoms with van der Waals surface area (Å²) in [4.78, 5) is 16.9. The summed E-state index contributed by atoms with van der Waals surface area (Å²) < 4.78 is 1.81. The monoisotopic (exact) mass is 309 g/mol. The molecule has 0 saturated heterocycles. The number of nitrogen functional groups attached to an aromatic ring is 2. The normalized spacial score (nSPS) is 10.8. The molecule has 4 N–H and O–H groups in total. The van der Waals surface area contributed by atoms with E-state index in [1.807, 2.05) is 41.1 Å². The van der Waals surface area contributed by atoms with Crippen molar-refractivity contribution in [3.8, 4) is 17.3 Å². The van der Waals surface area contributed by atoms with Gasteiger partial charge in [-0.05, 0) is 12.8 Å². The first kappa shape index (κ1) is 15.0. The summed E-state index contributed by atoms with van der Waals surface area (Å²) >= 11 is 0. The Kier molecular flexibility index (Phi) is 4.18. The molecule has 0 radical (unpaired) electrons. The number of hydrogen-bond acceptors (Lipinski definition) is 6. The van der Waals surface area contributed by atoms with Crippen LogP contribution >= 0.6 is 0 Å². The van der Waals surface area contributed by atoms with Crippen LogP contribution in [0.2, 0.25) is 0 Å². The number of nitrogens with two attached hydrogens (primary N) is 2. The summed E-state index contributed by atoms with van der Waals surface area (Å²) in [7, 11) is 0. The standard InChI is InChI=1S/C16H19N7/c1-2-3-9-12-10-23(16-21-14(17)20-15(18)22-16)13(19-12)11-7-5-4-6-8-11/h4-8,10H,2-3,9H2,1H3,(H4,17,18,20,21,22). The molecule has 0 atom stereocenters. The number of nitrogens with zero attached hydrogens (tertiary/aromatic N) is 5. The van der Waals surface area contributed by atoms with Gasteiger partial charge in [-0.25, -0.2) is 4.98 Å². The van der Waals surface area contributed by atoms with Crippen molar-refractivity contribution >= 4 is 11.9 Å². The average molecular weight is 309 g/mol. The van der Waals surface area contributed by atoms with Crippen LogP contribution in [0, 0.1) is 0 Å². The van der Waals surface area contributed by atoms with Crippen LogP contribution in [0.5, 0.6) is 0 Å². The van der Waals surface area contributed by atoms with Gasteiger partial charge in [-0.15, -0.1) is 0 Å². The van der Waals surface area contributed by atoms with Gasteiger partial charge in [0.15, 0.2) is 0 Å². The topological polar surface area (TPSA) is 109 Å². The molecule has 0 aliphatic heterocycles. The second kappa shape index (κ2) is 6.43. The summed E-state index contributed by atoms with van der Waals surface area (Å²) in [6.45, 7) is 2.16. The maximum Gasteiger partial charge on any atom is 0.242 e. The van der Waals surface area contributed by atoms with Crippen molar-refractivity contribution in [3.05, 3.63) is 42.2 Å². The Morgan fingerprint density at radius 1 is 0.957 bits per heavy atom. The van der Waals surface area contributed by atoms with E-state index in [-0.39, 0.29) is 11.9 Å². The molecular weight excluding hydrogens is 290 g/mol. The SMILES string of the molecule is CCCCc1cn(-c2nc(N)nc(N)n2)c(-c2ccccc2)n1. The van der Waals surface area contributed by atoms with Crippen molar-refractivity contribution in [1.29, 1.82) is 0 Å². The minimum Gasteiger partial charge on any atom is -0.368 e. The molecule has 0 fully saturated rings. The molecule has 0 aliphatic rings. The van der Waals surface area contributed by atoms with Gasteiger partial charge in [0, 0.05) is 11.8 Å².